The molecule has 0 saturated carbocycles. The predicted octanol–water partition coefficient (Wildman–Crippen LogP) is 14.0. The zero-order valence-corrected chi connectivity index (χ0v) is 36.0. The Bertz CT molecular complexity index is 2790. The first-order valence-electron chi connectivity index (χ1n) is 20.8. The highest BCUT2D eigenvalue weighted by molar-refractivity contribution is 5.98. The number of aryl methyl sites for hydroxylation is 4. The van der Waals surface area contributed by atoms with Crippen molar-refractivity contribution in [3.8, 4) is 89.8 Å². The second-order valence-electron chi connectivity index (χ2n) is 16.7. The minimum atomic E-state index is -0.670. The summed E-state index contributed by atoms with van der Waals surface area (Å²) in [6.07, 6.45) is 0. The Kier molecular flexibility index (Phi) is 9.14. The van der Waals surface area contributed by atoms with Gasteiger partial charge in [0, 0.05) is 12.1 Å². The first kappa shape index (κ1) is 38.2. The van der Waals surface area contributed by atoms with Crippen LogP contribution >= 0.6 is 0 Å². The zero-order valence-electron chi connectivity index (χ0n) is 36.0. The van der Waals surface area contributed by atoms with Crippen molar-refractivity contribution in [1.29, 1.82) is 0 Å². The van der Waals surface area contributed by atoms with Gasteiger partial charge in [0.25, 0.3) is 0 Å². The highest BCUT2D eigenvalue weighted by Gasteiger charge is 2.52. The smallest absolute Gasteiger partial charge is 0.123 e. The fraction of sp³-hybridized carbons (Fsp3) is 0.158. The number of fused-ring (bicyclic) bond motifs is 10. The van der Waals surface area contributed by atoms with E-state index in [-0.39, 0.29) is 0 Å². The van der Waals surface area contributed by atoms with Gasteiger partial charge in [-0.1, -0.05) is 107 Å². The Morgan fingerprint density at radius 3 is 0.754 bits per heavy atom. The lowest BCUT2D eigenvalue weighted by atomic mass is 9.69. The molecule has 0 N–H and O–H groups in total. The minimum absolute atomic E-state index is 0.670. The van der Waals surface area contributed by atoms with E-state index in [1.165, 1.54) is 89.0 Å². The molecule has 1 spiro atoms. The van der Waals surface area contributed by atoms with Crippen LogP contribution in [0.5, 0.6) is 23.0 Å². The molecule has 8 aromatic carbocycles. The molecule has 2 aliphatic rings. The lowest BCUT2D eigenvalue weighted by Gasteiger charge is -2.32. The molecule has 2 aliphatic carbocycles. The van der Waals surface area contributed by atoms with E-state index < -0.39 is 5.41 Å². The summed E-state index contributed by atoms with van der Waals surface area (Å²) < 4.78 is 23.1. The van der Waals surface area contributed by atoms with E-state index in [9.17, 15) is 0 Å². The molecule has 0 amide bonds. The molecule has 10 rings (SSSR count). The van der Waals surface area contributed by atoms with Crippen LogP contribution in [0.15, 0.2) is 146 Å². The molecule has 0 radical (unpaired) electrons. The third kappa shape index (κ3) is 6.20. The van der Waals surface area contributed by atoms with E-state index in [0.717, 1.165) is 45.3 Å². The van der Waals surface area contributed by atoms with E-state index in [4.69, 9.17) is 18.9 Å². The van der Waals surface area contributed by atoms with Crippen LogP contribution in [0.25, 0.3) is 66.8 Å². The first-order valence-corrected chi connectivity index (χ1v) is 20.8. The van der Waals surface area contributed by atoms with Crippen molar-refractivity contribution in [3.63, 3.8) is 0 Å². The normalized spacial score (nSPS) is 12.7. The molecule has 61 heavy (non-hydrogen) atoms. The van der Waals surface area contributed by atoms with E-state index in [1.807, 2.05) is 12.1 Å². The van der Waals surface area contributed by atoms with Crippen LogP contribution < -0.4 is 18.9 Å². The Hall–Kier alpha value is -7.04. The van der Waals surface area contributed by atoms with Crippen LogP contribution in [0.4, 0.5) is 0 Å². The van der Waals surface area contributed by atoms with Gasteiger partial charge in [0.05, 0.1) is 33.9 Å². The summed E-state index contributed by atoms with van der Waals surface area (Å²) in [5, 5.41) is 0. The van der Waals surface area contributed by atoms with Gasteiger partial charge in [0.2, 0.25) is 0 Å². The van der Waals surface area contributed by atoms with Crippen molar-refractivity contribution >= 4 is 0 Å². The van der Waals surface area contributed by atoms with Crippen LogP contribution in [-0.2, 0) is 5.41 Å². The van der Waals surface area contributed by atoms with E-state index >= 15 is 0 Å². The van der Waals surface area contributed by atoms with Gasteiger partial charge >= 0.3 is 0 Å². The highest BCUT2D eigenvalue weighted by atomic mass is 16.5. The maximum absolute atomic E-state index is 5.78. The molecule has 0 aromatic heterocycles. The van der Waals surface area contributed by atoms with Crippen molar-refractivity contribution < 1.29 is 18.9 Å². The van der Waals surface area contributed by atoms with Gasteiger partial charge in [-0.2, -0.15) is 0 Å². The molecule has 0 fully saturated rings. The van der Waals surface area contributed by atoms with Crippen LogP contribution in [0.3, 0.4) is 0 Å². The Morgan fingerprint density at radius 2 is 0.508 bits per heavy atom. The van der Waals surface area contributed by atoms with Crippen molar-refractivity contribution in [1.82, 2.24) is 0 Å². The molecule has 0 saturated heterocycles. The van der Waals surface area contributed by atoms with Crippen LogP contribution in [0, 0.1) is 27.7 Å². The third-order valence-electron chi connectivity index (χ3n) is 12.8. The largest absolute Gasteiger partial charge is 0.497 e. The SMILES string of the molecule is COc1cc(OC)cc(-c2ccc3c(c2)C2(c4cc(-c5cc(C)cc(C)c5)ccc4-3)c3cc(-c4cc(C)cc(C)c4)ccc3-c3ccc(-c4cc(OC)cc(OC)c4)cc32)c1. The topological polar surface area (TPSA) is 36.9 Å². The van der Waals surface area contributed by atoms with E-state index in [2.05, 4.69) is 161 Å². The fourth-order valence-corrected chi connectivity index (χ4v) is 10.2. The number of benzene rings is 8. The van der Waals surface area contributed by atoms with Crippen LogP contribution in [0.1, 0.15) is 44.5 Å². The maximum Gasteiger partial charge on any atom is 0.123 e. The standard InChI is InChI=1S/C57H48O4/c1-33-17-34(2)20-41(19-33)37-9-13-49-51-15-11-39(43-23-45(58-5)31-46(24-43)59-6)29-55(51)57(53(49)27-37)54-28-38(42-21-35(3)18-36(4)22-42)10-14-50(54)52-16-12-40(30-56(52)57)44-25-47(60-7)32-48(26-44)61-8/h9-32H,1-8H3. The molecule has 0 atom stereocenters. The molecule has 4 nitrogen and oxygen atoms in total. The summed E-state index contributed by atoms with van der Waals surface area (Å²) in [5.74, 6) is 3.00. The van der Waals surface area contributed by atoms with Gasteiger partial charge in [-0.25, -0.2) is 0 Å². The van der Waals surface area contributed by atoms with Gasteiger partial charge in [0.1, 0.15) is 23.0 Å². The molecule has 0 heterocycles. The summed E-state index contributed by atoms with van der Waals surface area (Å²) in [6, 6.07) is 54.2. The summed E-state index contributed by atoms with van der Waals surface area (Å²) in [5.41, 5.74) is 23.4. The summed E-state index contributed by atoms with van der Waals surface area (Å²) in [7, 11) is 6.82. The quantitative estimate of drug-likeness (QED) is 0.153. The summed E-state index contributed by atoms with van der Waals surface area (Å²) in [4.78, 5) is 0. The molecule has 300 valence electrons. The van der Waals surface area contributed by atoms with Crippen molar-refractivity contribution in [2.45, 2.75) is 33.1 Å². The van der Waals surface area contributed by atoms with Gasteiger partial charge in [-0.3, -0.25) is 0 Å². The minimum Gasteiger partial charge on any atom is -0.497 e. The van der Waals surface area contributed by atoms with Crippen molar-refractivity contribution in [2.24, 2.45) is 0 Å². The monoisotopic (exact) mass is 796 g/mol. The van der Waals surface area contributed by atoms with Crippen molar-refractivity contribution in [2.75, 3.05) is 28.4 Å². The lowest BCUT2D eigenvalue weighted by molar-refractivity contribution is 0.394. The number of hydrogen-bond donors (Lipinski definition) is 0. The molecule has 0 aliphatic heterocycles. The van der Waals surface area contributed by atoms with Crippen LogP contribution in [-0.4, -0.2) is 28.4 Å². The number of rotatable bonds is 8. The van der Waals surface area contributed by atoms with E-state index in [0.29, 0.717) is 0 Å². The highest BCUT2D eigenvalue weighted by Crippen LogP contribution is 2.64. The molecule has 0 bridgehead atoms. The Labute approximate surface area is 359 Å². The second kappa shape index (κ2) is 14.6. The summed E-state index contributed by atoms with van der Waals surface area (Å²) in [6.45, 7) is 8.74. The zero-order chi connectivity index (χ0) is 42.2. The molecule has 4 heteroatoms. The maximum atomic E-state index is 5.78. The Morgan fingerprint density at radius 1 is 0.262 bits per heavy atom. The first-order chi connectivity index (χ1) is 29.6. The van der Waals surface area contributed by atoms with E-state index in [1.54, 1.807) is 28.4 Å². The van der Waals surface area contributed by atoms with Crippen molar-refractivity contribution in [3.05, 3.63) is 190 Å². The average molecular weight is 797 g/mol. The number of ether oxygens (including phenoxy) is 4. The Balaban J connectivity index is 1.32. The lowest BCUT2D eigenvalue weighted by Crippen LogP contribution is -2.26. The molecule has 0 unspecified atom stereocenters. The number of methoxy groups -OCH3 is 4. The molecular formula is C57H48O4. The average Bonchev–Trinajstić information content (AvgIpc) is 3.73. The fourth-order valence-electron chi connectivity index (χ4n) is 10.2. The molecule has 8 aromatic rings. The van der Waals surface area contributed by atoms with Gasteiger partial charge in [-0.15, -0.1) is 0 Å². The summed E-state index contributed by atoms with van der Waals surface area (Å²) >= 11 is 0. The predicted molar refractivity (Wildman–Crippen MR) is 250 cm³/mol. The molecular weight excluding hydrogens is 749 g/mol. The van der Waals surface area contributed by atoms with Gasteiger partial charge < -0.3 is 18.9 Å². The van der Waals surface area contributed by atoms with Gasteiger partial charge in [-0.05, 0) is 165 Å². The third-order valence-corrected chi connectivity index (χ3v) is 12.8. The van der Waals surface area contributed by atoms with Gasteiger partial charge in [0.15, 0.2) is 0 Å². The second-order valence-corrected chi connectivity index (χ2v) is 16.7. The van der Waals surface area contributed by atoms with Crippen LogP contribution in [0.2, 0.25) is 0 Å². The number of hydrogen-bond acceptors (Lipinski definition) is 4.